The Morgan fingerprint density at radius 3 is 2.48 bits per heavy atom. The van der Waals surface area contributed by atoms with Gasteiger partial charge in [0.2, 0.25) is 15.9 Å². The van der Waals surface area contributed by atoms with Crippen molar-refractivity contribution < 1.29 is 17.9 Å². The molecular weight excluding hydrogens is 364 g/mol. The minimum absolute atomic E-state index is 0.0107. The van der Waals surface area contributed by atoms with Gasteiger partial charge in [-0.3, -0.25) is 4.79 Å². The molecule has 0 spiro atoms. The Morgan fingerprint density at radius 1 is 1.15 bits per heavy atom. The second-order valence-corrected chi connectivity index (χ2v) is 8.46. The van der Waals surface area contributed by atoms with Crippen LogP contribution in [0.25, 0.3) is 0 Å². The third kappa shape index (κ3) is 5.08. The molecule has 146 valence electrons. The van der Waals surface area contributed by atoms with Gasteiger partial charge in [0, 0.05) is 5.69 Å². The van der Waals surface area contributed by atoms with Crippen LogP contribution in [0, 0.1) is 13.8 Å². The molecule has 2 N–H and O–H groups in total. The standard InChI is InChI=1S/C20H26N2O4S/c1-13(2)16-8-6-7-15(4)20(16)22-19(23)12-21-27(24,25)18-11-14(3)9-10-17(18)26-5/h6-11,13,21H,12H2,1-5H3,(H,22,23). The predicted octanol–water partition coefficient (Wildman–Crippen LogP) is 3.35. The van der Waals surface area contributed by atoms with Crippen LogP contribution in [0.4, 0.5) is 5.69 Å². The quantitative estimate of drug-likeness (QED) is 0.759. The van der Waals surface area contributed by atoms with Crippen LogP contribution in [-0.4, -0.2) is 28.0 Å². The van der Waals surface area contributed by atoms with E-state index < -0.39 is 15.9 Å². The van der Waals surface area contributed by atoms with Crippen molar-refractivity contribution in [2.24, 2.45) is 0 Å². The smallest absolute Gasteiger partial charge is 0.244 e. The van der Waals surface area contributed by atoms with Crippen LogP contribution >= 0.6 is 0 Å². The topological polar surface area (TPSA) is 84.5 Å². The van der Waals surface area contributed by atoms with Gasteiger partial charge in [-0.05, 0) is 48.6 Å². The van der Waals surface area contributed by atoms with Gasteiger partial charge >= 0.3 is 0 Å². The number of nitrogens with one attached hydrogen (secondary N) is 2. The summed E-state index contributed by atoms with van der Waals surface area (Å²) in [6.07, 6.45) is 0. The fraction of sp³-hybridized carbons (Fsp3) is 0.350. The van der Waals surface area contributed by atoms with Crippen LogP contribution in [0.1, 0.15) is 36.5 Å². The normalized spacial score (nSPS) is 11.5. The molecule has 0 bridgehead atoms. The van der Waals surface area contributed by atoms with Gasteiger partial charge in [-0.1, -0.05) is 38.1 Å². The maximum Gasteiger partial charge on any atom is 0.244 e. The highest BCUT2D eigenvalue weighted by atomic mass is 32.2. The molecule has 7 heteroatoms. The molecule has 0 radical (unpaired) electrons. The first kappa shape index (κ1) is 20.9. The Kier molecular flexibility index (Phi) is 6.62. The van der Waals surface area contributed by atoms with Crippen molar-refractivity contribution >= 4 is 21.6 Å². The predicted molar refractivity (Wildman–Crippen MR) is 107 cm³/mol. The Bertz CT molecular complexity index is 937. The third-order valence-electron chi connectivity index (χ3n) is 4.22. The highest BCUT2D eigenvalue weighted by molar-refractivity contribution is 7.89. The maximum atomic E-state index is 12.6. The van der Waals surface area contributed by atoms with Crippen LogP contribution in [0.3, 0.4) is 0 Å². The van der Waals surface area contributed by atoms with E-state index in [1.807, 2.05) is 39.0 Å². The zero-order valence-electron chi connectivity index (χ0n) is 16.3. The van der Waals surface area contributed by atoms with Crippen molar-refractivity contribution in [1.29, 1.82) is 0 Å². The monoisotopic (exact) mass is 390 g/mol. The number of methoxy groups -OCH3 is 1. The van der Waals surface area contributed by atoms with Gasteiger partial charge < -0.3 is 10.1 Å². The molecule has 0 unspecified atom stereocenters. The number of carbonyl (C=O) groups is 1. The summed E-state index contributed by atoms with van der Waals surface area (Å²) in [5, 5.41) is 2.83. The fourth-order valence-corrected chi connectivity index (χ4v) is 3.99. The zero-order chi connectivity index (χ0) is 20.2. The van der Waals surface area contributed by atoms with E-state index in [4.69, 9.17) is 4.74 Å². The fourth-order valence-electron chi connectivity index (χ4n) is 2.76. The number of aryl methyl sites for hydroxylation is 2. The summed E-state index contributed by atoms with van der Waals surface area (Å²) in [5.41, 5.74) is 3.44. The molecule has 0 aliphatic heterocycles. The Morgan fingerprint density at radius 2 is 1.85 bits per heavy atom. The molecular formula is C20H26N2O4S. The number of para-hydroxylation sites is 1. The largest absolute Gasteiger partial charge is 0.495 e. The summed E-state index contributed by atoms with van der Waals surface area (Å²) in [6.45, 7) is 7.40. The number of rotatable bonds is 7. The average molecular weight is 391 g/mol. The molecule has 0 aromatic heterocycles. The molecule has 27 heavy (non-hydrogen) atoms. The minimum atomic E-state index is -3.89. The SMILES string of the molecule is COc1ccc(C)cc1S(=O)(=O)NCC(=O)Nc1c(C)cccc1C(C)C. The van der Waals surface area contributed by atoms with E-state index >= 15 is 0 Å². The number of benzene rings is 2. The van der Waals surface area contributed by atoms with Gasteiger partial charge in [-0.2, -0.15) is 0 Å². The summed E-state index contributed by atoms with van der Waals surface area (Å²) in [5.74, 6) is 0.0318. The molecule has 0 fully saturated rings. The van der Waals surface area contributed by atoms with Gasteiger partial charge in [0.1, 0.15) is 10.6 Å². The van der Waals surface area contributed by atoms with E-state index in [2.05, 4.69) is 10.0 Å². The van der Waals surface area contributed by atoms with Gasteiger partial charge in [0.15, 0.2) is 0 Å². The van der Waals surface area contributed by atoms with Gasteiger partial charge in [-0.25, -0.2) is 13.1 Å². The minimum Gasteiger partial charge on any atom is -0.495 e. The second-order valence-electron chi connectivity index (χ2n) is 6.72. The lowest BCUT2D eigenvalue weighted by atomic mass is 9.98. The van der Waals surface area contributed by atoms with Crippen LogP contribution < -0.4 is 14.8 Å². The van der Waals surface area contributed by atoms with Crippen LogP contribution in [0.5, 0.6) is 5.75 Å². The summed E-state index contributed by atoms with van der Waals surface area (Å²) in [4.78, 5) is 12.4. The van der Waals surface area contributed by atoms with Crippen molar-refractivity contribution in [2.45, 2.75) is 38.5 Å². The molecule has 0 aliphatic carbocycles. The van der Waals surface area contributed by atoms with Crippen molar-refractivity contribution in [1.82, 2.24) is 4.72 Å². The highest BCUT2D eigenvalue weighted by Gasteiger charge is 2.21. The molecule has 2 rings (SSSR count). The number of hydrogen-bond donors (Lipinski definition) is 2. The lowest BCUT2D eigenvalue weighted by Crippen LogP contribution is -2.33. The van der Waals surface area contributed by atoms with E-state index in [9.17, 15) is 13.2 Å². The average Bonchev–Trinajstić information content (AvgIpc) is 2.61. The lowest BCUT2D eigenvalue weighted by molar-refractivity contribution is -0.115. The van der Waals surface area contributed by atoms with E-state index in [-0.39, 0.29) is 23.1 Å². The molecule has 0 atom stereocenters. The Balaban J connectivity index is 2.16. The molecule has 0 aliphatic rings. The second kappa shape index (κ2) is 8.54. The maximum absolute atomic E-state index is 12.6. The van der Waals surface area contributed by atoms with E-state index in [0.29, 0.717) is 0 Å². The molecule has 2 aromatic rings. The van der Waals surface area contributed by atoms with E-state index in [1.165, 1.54) is 13.2 Å². The Labute approximate surface area is 161 Å². The molecule has 0 saturated heterocycles. The lowest BCUT2D eigenvalue weighted by Gasteiger charge is -2.17. The molecule has 0 heterocycles. The van der Waals surface area contributed by atoms with Crippen molar-refractivity contribution in [3.05, 3.63) is 53.1 Å². The van der Waals surface area contributed by atoms with Crippen molar-refractivity contribution in [3.63, 3.8) is 0 Å². The van der Waals surface area contributed by atoms with Gasteiger partial charge in [0.25, 0.3) is 0 Å². The van der Waals surface area contributed by atoms with Crippen molar-refractivity contribution in [2.75, 3.05) is 19.0 Å². The number of hydrogen-bond acceptors (Lipinski definition) is 4. The first-order valence-electron chi connectivity index (χ1n) is 8.69. The summed E-state index contributed by atoms with van der Waals surface area (Å²) >= 11 is 0. The number of amides is 1. The molecule has 6 nitrogen and oxygen atoms in total. The van der Waals surface area contributed by atoms with Crippen molar-refractivity contribution in [3.8, 4) is 5.75 Å². The third-order valence-corrected chi connectivity index (χ3v) is 5.65. The van der Waals surface area contributed by atoms with Crippen LogP contribution in [0.2, 0.25) is 0 Å². The summed E-state index contributed by atoms with van der Waals surface area (Å²) in [7, 11) is -2.48. The van der Waals surface area contributed by atoms with Crippen LogP contribution in [-0.2, 0) is 14.8 Å². The summed E-state index contributed by atoms with van der Waals surface area (Å²) in [6, 6.07) is 10.7. The van der Waals surface area contributed by atoms with E-state index in [1.54, 1.807) is 19.1 Å². The highest BCUT2D eigenvalue weighted by Crippen LogP contribution is 2.27. The van der Waals surface area contributed by atoms with Crippen LogP contribution in [0.15, 0.2) is 41.3 Å². The van der Waals surface area contributed by atoms with Gasteiger partial charge in [-0.15, -0.1) is 0 Å². The first-order chi connectivity index (χ1) is 12.7. The first-order valence-corrected chi connectivity index (χ1v) is 10.2. The Hall–Kier alpha value is -2.38. The molecule has 2 aromatic carbocycles. The zero-order valence-corrected chi connectivity index (χ0v) is 17.1. The van der Waals surface area contributed by atoms with E-state index in [0.717, 1.165) is 22.4 Å². The number of anilines is 1. The molecule has 1 amide bonds. The van der Waals surface area contributed by atoms with Gasteiger partial charge in [0.05, 0.1) is 13.7 Å². The molecule has 0 saturated carbocycles. The number of sulfonamides is 1. The number of carbonyl (C=O) groups excluding carboxylic acids is 1. The number of ether oxygens (including phenoxy) is 1. The summed E-state index contributed by atoms with van der Waals surface area (Å²) < 4.78 is 32.7.